The van der Waals surface area contributed by atoms with E-state index in [0.717, 1.165) is 18.4 Å². The standard InChI is InChI=1S/C23H28N2O3/c1-16-6-5-9-18(12-16)13-24-23(26)25-20-15-28-21-19(14-27-22(20)21)11-10-17-7-3-2-4-8-17/h2-9,12,19-22H,10-11,13-15H2,1H3,(H2,24,25,26)/t19-,20+,21?,22?/m1/s1. The van der Waals surface area contributed by atoms with Gasteiger partial charge < -0.3 is 20.1 Å². The highest BCUT2D eigenvalue weighted by Crippen LogP contribution is 2.33. The van der Waals surface area contributed by atoms with E-state index in [4.69, 9.17) is 9.47 Å². The van der Waals surface area contributed by atoms with Crippen molar-refractivity contribution in [3.05, 3.63) is 71.3 Å². The summed E-state index contributed by atoms with van der Waals surface area (Å²) < 4.78 is 12.0. The lowest BCUT2D eigenvalue weighted by molar-refractivity contribution is 0.0615. The Kier molecular flexibility index (Phi) is 5.93. The second-order valence-corrected chi connectivity index (χ2v) is 7.80. The van der Waals surface area contributed by atoms with Crippen molar-refractivity contribution in [3.63, 3.8) is 0 Å². The van der Waals surface area contributed by atoms with Crippen LogP contribution in [0.25, 0.3) is 0 Å². The minimum Gasteiger partial charge on any atom is -0.373 e. The molecule has 0 saturated carbocycles. The lowest BCUT2D eigenvalue weighted by atomic mass is 9.93. The number of carbonyl (C=O) groups is 1. The van der Waals surface area contributed by atoms with Gasteiger partial charge in [-0.3, -0.25) is 0 Å². The molecule has 5 nitrogen and oxygen atoms in total. The Balaban J connectivity index is 1.24. The smallest absolute Gasteiger partial charge is 0.315 e. The summed E-state index contributed by atoms with van der Waals surface area (Å²) in [5.41, 5.74) is 3.62. The molecule has 4 rings (SSSR count). The molecule has 2 aromatic carbocycles. The molecule has 2 aliphatic rings. The van der Waals surface area contributed by atoms with E-state index in [2.05, 4.69) is 41.0 Å². The van der Waals surface area contributed by atoms with E-state index in [1.807, 2.05) is 31.2 Å². The monoisotopic (exact) mass is 380 g/mol. The number of urea groups is 1. The van der Waals surface area contributed by atoms with Gasteiger partial charge in [-0.25, -0.2) is 4.79 Å². The third-order valence-corrected chi connectivity index (χ3v) is 5.65. The van der Waals surface area contributed by atoms with Gasteiger partial charge in [-0.2, -0.15) is 0 Å². The molecule has 2 fully saturated rings. The first kappa shape index (κ1) is 19.0. The highest BCUT2D eigenvalue weighted by Gasteiger charge is 2.47. The van der Waals surface area contributed by atoms with Crippen molar-refractivity contribution in [1.82, 2.24) is 10.6 Å². The quantitative estimate of drug-likeness (QED) is 0.809. The van der Waals surface area contributed by atoms with E-state index in [0.29, 0.717) is 25.7 Å². The maximum atomic E-state index is 12.3. The van der Waals surface area contributed by atoms with Crippen LogP contribution in [0.4, 0.5) is 4.79 Å². The van der Waals surface area contributed by atoms with Gasteiger partial charge in [0.1, 0.15) is 6.10 Å². The van der Waals surface area contributed by atoms with Crippen molar-refractivity contribution >= 4 is 6.03 Å². The van der Waals surface area contributed by atoms with Gasteiger partial charge in [0.15, 0.2) is 0 Å². The maximum absolute atomic E-state index is 12.3. The number of aryl methyl sites for hydroxylation is 2. The highest BCUT2D eigenvalue weighted by atomic mass is 16.6. The largest absolute Gasteiger partial charge is 0.373 e. The molecule has 0 bridgehead atoms. The van der Waals surface area contributed by atoms with Crippen LogP contribution < -0.4 is 10.6 Å². The third kappa shape index (κ3) is 4.54. The molecule has 0 aromatic heterocycles. The first-order valence-corrected chi connectivity index (χ1v) is 10.1. The molecule has 28 heavy (non-hydrogen) atoms. The lowest BCUT2D eigenvalue weighted by Crippen LogP contribution is -2.48. The van der Waals surface area contributed by atoms with Crippen LogP contribution in [0.3, 0.4) is 0 Å². The Hall–Kier alpha value is -2.37. The van der Waals surface area contributed by atoms with E-state index >= 15 is 0 Å². The molecule has 2 saturated heterocycles. The van der Waals surface area contributed by atoms with E-state index < -0.39 is 0 Å². The number of benzene rings is 2. The Bertz CT molecular complexity index is 795. The summed E-state index contributed by atoms with van der Waals surface area (Å²) in [6.07, 6.45) is 2.09. The molecule has 5 heteroatoms. The maximum Gasteiger partial charge on any atom is 0.315 e. The number of hydrogen-bond donors (Lipinski definition) is 2. The van der Waals surface area contributed by atoms with E-state index in [1.54, 1.807) is 0 Å². The number of ether oxygens (including phenoxy) is 2. The van der Waals surface area contributed by atoms with Crippen molar-refractivity contribution in [3.8, 4) is 0 Å². The molecule has 0 spiro atoms. The van der Waals surface area contributed by atoms with Crippen LogP contribution in [0.1, 0.15) is 23.1 Å². The van der Waals surface area contributed by atoms with Gasteiger partial charge in [0.05, 0.1) is 25.4 Å². The lowest BCUT2D eigenvalue weighted by Gasteiger charge is -2.18. The zero-order valence-electron chi connectivity index (χ0n) is 16.3. The minimum atomic E-state index is -0.174. The molecule has 4 atom stereocenters. The Labute approximate surface area is 166 Å². The minimum absolute atomic E-state index is 0.0505. The number of nitrogens with one attached hydrogen (secondary N) is 2. The van der Waals surface area contributed by atoms with Gasteiger partial charge in [0, 0.05) is 12.5 Å². The summed E-state index contributed by atoms with van der Waals surface area (Å²) in [6.45, 7) is 3.77. The number of carbonyl (C=O) groups excluding carboxylic acids is 1. The summed E-state index contributed by atoms with van der Waals surface area (Å²) in [5.74, 6) is 0.382. The molecule has 0 radical (unpaired) electrons. The van der Waals surface area contributed by atoms with E-state index in [9.17, 15) is 4.79 Å². The topological polar surface area (TPSA) is 59.6 Å². The predicted molar refractivity (Wildman–Crippen MR) is 108 cm³/mol. The van der Waals surface area contributed by atoms with Crippen molar-refractivity contribution in [2.45, 2.75) is 44.6 Å². The molecular formula is C23H28N2O3. The van der Waals surface area contributed by atoms with Gasteiger partial charge in [0.2, 0.25) is 0 Å². The van der Waals surface area contributed by atoms with E-state index in [-0.39, 0.29) is 24.3 Å². The molecule has 2 heterocycles. The fraction of sp³-hybridized carbons (Fsp3) is 0.435. The summed E-state index contributed by atoms with van der Waals surface area (Å²) in [4.78, 5) is 12.3. The zero-order chi connectivity index (χ0) is 19.3. The first-order chi connectivity index (χ1) is 13.7. The number of rotatable bonds is 6. The molecule has 148 valence electrons. The zero-order valence-corrected chi connectivity index (χ0v) is 16.3. The van der Waals surface area contributed by atoms with Crippen LogP contribution in [0.15, 0.2) is 54.6 Å². The molecule has 2 aromatic rings. The fourth-order valence-electron chi connectivity index (χ4n) is 4.17. The summed E-state index contributed by atoms with van der Waals surface area (Å²) in [5, 5.41) is 5.96. The second kappa shape index (κ2) is 8.76. The second-order valence-electron chi connectivity index (χ2n) is 7.80. The van der Waals surface area contributed by atoms with Crippen molar-refractivity contribution in [2.24, 2.45) is 5.92 Å². The number of fused-ring (bicyclic) bond motifs is 1. The molecular weight excluding hydrogens is 352 g/mol. The summed E-state index contributed by atoms with van der Waals surface area (Å²) >= 11 is 0. The van der Waals surface area contributed by atoms with Crippen molar-refractivity contribution in [1.29, 1.82) is 0 Å². The Morgan fingerprint density at radius 1 is 1.00 bits per heavy atom. The molecule has 2 N–H and O–H groups in total. The van der Waals surface area contributed by atoms with Gasteiger partial charge in [-0.1, -0.05) is 60.2 Å². The molecule has 0 aliphatic carbocycles. The van der Waals surface area contributed by atoms with Gasteiger partial charge in [-0.15, -0.1) is 0 Å². The molecule has 2 aliphatic heterocycles. The Morgan fingerprint density at radius 3 is 2.61 bits per heavy atom. The van der Waals surface area contributed by atoms with Gasteiger partial charge in [0.25, 0.3) is 0 Å². The van der Waals surface area contributed by atoms with Crippen LogP contribution in [0.2, 0.25) is 0 Å². The number of amides is 2. The average molecular weight is 380 g/mol. The summed E-state index contributed by atoms with van der Waals surface area (Å²) in [6, 6.07) is 18.4. The van der Waals surface area contributed by atoms with Crippen LogP contribution in [-0.4, -0.2) is 37.5 Å². The molecule has 2 unspecified atom stereocenters. The fourth-order valence-corrected chi connectivity index (χ4v) is 4.17. The van der Waals surface area contributed by atoms with Crippen LogP contribution in [0.5, 0.6) is 0 Å². The van der Waals surface area contributed by atoms with Crippen LogP contribution >= 0.6 is 0 Å². The average Bonchev–Trinajstić information content (AvgIpc) is 3.29. The SMILES string of the molecule is Cc1cccc(CNC(=O)N[C@H]2COC3C2OC[C@H]3CCc2ccccc2)c1. The van der Waals surface area contributed by atoms with Gasteiger partial charge >= 0.3 is 6.03 Å². The van der Waals surface area contributed by atoms with Crippen molar-refractivity contribution in [2.75, 3.05) is 13.2 Å². The van der Waals surface area contributed by atoms with E-state index in [1.165, 1.54) is 11.1 Å². The predicted octanol–water partition coefficient (Wildman–Crippen LogP) is 3.21. The molecule has 2 amide bonds. The highest BCUT2D eigenvalue weighted by molar-refractivity contribution is 5.74. The van der Waals surface area contributed by atoms with Crippen LogP contribution in [-0.2, 0) is 22.4 Å². The van der Waals surface area contributed by atoms with Crippen LogP contribution in [0, 0.1) is 12.8 Å². The van der Waals surface area contributed by atoms with Crippen molar-refractivity contribution < 1.29 is 14.3 Å². The van der Waals surface area contributed by atoms with Gasteiger partial charge in [-0.05, 0) is 30.9 Å². The first-order valence-electron chi connectivity index (χ1n) is 10.1. The summed E-state index contributed by atoms with van der Waals surface area (Å²) in [7, 11) is 0. The normalized spacial score (nSPS) is 26.0. The number of hydrogen-bond acceptors (Lipinski definition) is 3. The Morgan fingerprint density at radius 2 is 1.79 bits per heavy atom. The third-order valence-electron chi connectivity index (χ3n) is 5.65.